The van der Waals surface area contributed by atoms with E-state index >= 15 is 0 Å². The van der Waals surface area contributed by atoms with Crippen molar-refractivity contribution < 1.29 is 18.0 Å². The number of carbonyl (C=O) groups excluding carboxylic acids is 2. The first-order valence-electron chi connectivity index (χ1n) is 10.4. The maximum absolute atomic E-state index is 13.3. The SMILES string of the molecule is O=C(C[C@@H]1SC(=NS(=O)(=O)c2ccc(Cl)s2)N(C2CCCCC2)C1=O)Nc1ccc(Cl)cc1. The topological polar surface area (TPSA) is 95.9 Å². The predicted octanol–water partition coefficient (Wildman–Crippen LogP) is 5.41. The average Bonchev–Trinajstić information content (AvgIpc) is 3.34. The standard InChI is InChI=1S/C21H21Cl2N3O4S3/c22-13-6-8-14(9-7-13)24-18(27)12-16-20(28)26(15-4-2-1-3-5-15)21(31-16)25-33(29,30)19-11-10-17(23)32-19/h6-11,15-16H,1-5,12H2,(H,24,27)/t16-/m0/s1. The molecular weight excluding hydrogens is 525 g/mol. The van der Waals surface area contributed by atoms with Crippen LogP contribution in [-0.4, -0.2) is 41.6 Å². The van der Waals surface area contributed by atoms with E-state index in [2.05, 4.69) is 9.71 Å². The van der Waals surface area contributed by atoms with Crippen LogP contribution in [0.5, 0.6) is 0 Å². The van der Waals surface area contributed by atoms with Crippen LogP contribution in [0.2, 0.25) is 9.36 Å². The molecule has 1 aromatic carbocycles. The van der Waals surface area contributed by atoms with E-state index in [-0.39, 0.29) is 33.7 Å². The zero-order valence-electron chi connectivity index (χ0n) is 17.4. The van der Waals surface area contributed by atoms with Gasteiger partial charge in [0.05, 0.1) is 4.34 Å². The molecule has 1 atom stereocenters. The van der Waals surface area contributed by atoms with Gasteiger partial charge in [0.1, 0.15) is 9.46 Å². The molecule has 2 aliphatic rings. The van der Waals surface area contributed by atoms with Crippen LogP contribution in [0.15, 0.2) is 45.0 Å². The molecule has 0 bridgehead atoms. The van der Waals surface area contributed by atoms with Crippen LogP contribution in [-0.2, 0) is 19.6 Å². The van der Waals surface area contributed by atoms with Gasteiger partial charge in [-0.1, -0.05) is 54.2 Å². The second-order valence-electron chi connectivity index (χ2n) is 7.77. The summed E-state index contributed by atoms with van der Waals surface area (Å²) in [6.07, 6.45) is 4.46. The van der Waals surface area contributed by atoms with Gasteiger partial charge in [0.25, 0.3) is 10.0 Å². The first kappa shape index (κ1) is 24.5. The van der Waals surface area contributed by atoms with E-state index in [0.29, 0.717) is 15.0 Å². The third-order valence-electron chi connectivity index (χ3n) is 5.41. The molecule has 1 saturated heterocycles. The average molecular weight is 547 g/mol. The first-order chi connectivity index (χ1) is 15.7. The predicted molar refractivity (Wildman–Crippen MR) is 134 cm³/mol. The highest BCUT2D eigenvalue weighted by Crippen LogP contribution is 2.37. The van der Waals surface area contributed by atoms with Crippen LogP contribution in [0.1, 0.15) is 38.5 Å². The monoisotopic (exact) mass is 545 g/mol. The second kappa shape index (κ2) is 10.4. The molecule has 12 heteroatoms. The fourth-order valence-corrected chi connectivity index (χ4v) is 7.84. The fourth-order valence-electron chi connectivity index (χ4n) is 3.85. The largest absolute Gasteiger partial charge is 0.326 e. The number of anilines is 1. The number of rotatable bonds is 6. The molecule has 4 rings (SSSR count). The summed E-state index contributed by atoms with van der Waals surface area (Å²) < 4.78 is 30.1. The highest BCUT2D eigenvalue weighted by molar-refractivity contribution is 8.16. The molecule has 2 fully saturated rings. The molecule has 0 spiro atoms. The van der Waals surface area contributed by atoms with Crippen LogP contribution in [0.4, 0.5) is 5.69 Å². The number of carbonyl (C=O) groups is 2. The van der Waals surface area contributed by atoms with E-state index in [9.17, 15) is 18.0 Å². The normalized spacial score (nSPS) is 21.0. The first-order valence-corrected chi connectivity index (χ1v) is 14.3. The van der Waals surface area contributed by atoms with Gasteiger partial charge in [0, 0.05) is 23.2 Å². The summed E-state index contributed by atoms with van der Waals surface area (Å²) in [5.74, 6) is -0.628. The van der Waals surface area contributed by atoms with Crippen LogP contribution in [0, 0.1) is 0 Å². The fraction of sp³-hybridized carbons (Fsp3) is 0.381. The number of sulfonamides is 1. The number of hydrogen-bond donors (Lipinski definition) is 1. The van der Waals surface area contributed by atoms with E-state index in [0.717, 1.165) is 55.2 Å². The van der Waals surface area contributed by atoms with E-state index in [1.165, 1.54) is 17.0 Å². The number of amides is 2. The molecule has 176 valence electrons. The van der Waals surface area contributed by atoms with E-state index in [1.807, 2.05) is 0 Å². The number of benzene rings is 1. The Balaban J connectivity index is 1.56. The minimum Gasteiger partial charge on any atom is -0.326 e. The van der Waals surface area contributed by atoms with Gasteiger partial charge >= 0.3 is 0 Å². The Kier molecular flexibility index (Phi) is 7.69. The number of hydrogen-bond acceptors (Lipinski definition) is 6. The maximum Gasteiger partial charge on any atom is 0.294 e. The lowest BCUT2D eigenvalue weighted by Crippen LogP contribution is -2.42. The third-order valence-corrected chi connectivity index (χ3v) is 9.89. The molecule has 0 unspecified atom stereocenters. The van der Waals surface area contributed by atoms with Gasteiger partial charge in [0.15, 0.2) is 5.17 Å². The number of halogens is 2. The molecule has 1 aromatic heterocycles. The summed E-state index contributed by atoms with van der Waals surface area (Å²) in [6, 6.07) is 9.43. The Bertz CT molecular complexity index is 1180. The molecule has 1 N–H and O–H groups in total. The van der Waals surface area contributed by atoms with Gasteiger partial charge < -0.3 is 5.32 Å². The smallest absolute Gasteiger partial charge is 0.294 e. The molecule has 7 nitrogen and oxygen atoms in total. The van der Waals surface area contributed by atoms with Crippen molar-refractivity contribution in [3.63, 3.8) is 0 Å². The van der Waals surface area contributed by atoms with E-state index in [1.54, 1.807) is 24.3 Å². The van der Waals surface area contributed by atoms with Crippen LogP contribution >= 0.6 is 46.3 Å². The summed E-state index contributed by atoms with van der Waals surface area (Å²) in [7, 11) is -4.03. The maximum atomic E-state index is 13.3. The van der Waals surface area contributed by atoms with Gasteiger partial charge in [0.2, 0.25) is 11.8 Å². The van der Waals surface area contributed by atoms with Gasteiger partial charge in [-0.05, 0) is 49.2 Å². The van der Waals surface area contributed by atoms with Crippen LogP contribution in [0.3, 0.4) is 0 Å². The Hall–Kier alpha value is -1.59. The van der Waals surface area contributed by atoms with Gasteiger partial charge in [-0.3, -0.25) is 14.5 Å². The lowest BCUT2D eigenvalue weighted by molar-refractivity contribution is -0.130. The molecule has 2 heterocycles. The highest BCUT2D eigenvalue weighted by Gasteiger charge is 2.43. The van der Waals surface area contributed by atoms with Crippen molar-refractivity contribution >= 4 is 79.0 Å². The van der Waals surface area contributed by atoms with Gasteiger partial charge in [-0.25, -0.2) is 0 Å². The lowest BCUT2D eigenvalue weighted by atomic mass is 9.94. The summed E-state index contributed by atoms with van der Waals surface area (Å²) in [5, 5.41) is 2.67. The lowest BCUT2D eigenvalue weighted by Gasteiger charge is -2.30. The van der Waals surface area contributed by atoms with Crippen molar-refractivity contribution in [3.05, 3.63) is 45.8 Å². The molecule has 0 radical (unpaired) electrons. The quantitative estimate of drug-likeness (QED) is 0.523. The van der Waals surface area contributed by atoms with Crippen molar-refractivity contribution in [1.29, 1.82) is 0 Å². The molecule has 2 aromatic rings. The Morgan fingerprint density at radius 1 is 1.09 bits per heavy atom. The molecule has 2 amide bonds. The number of thiophene rings is 1. The number of thioether (sulfide) groups is 1. The number of amidine groups is 1. The van der Waals surface area contributed by atoms with Crippen LogP contribution < -0.4 is 5.32 Å². The summed E-state index contributed by atoms with van der Waals surface area (Å²) in [4.78, 5) is 27.4. The second-order valence-corrected chi connectivity index (χ2v) is 12.9. The Labute approximate surface area is 210 Å². The minimum absolute atomic E-state index is 0.0144. The van der Waals surface area contributed by atoms with Crippen LogP contribution in [0.25, 0.3) is 0 Å². The Morgan fingerprint density at radius 2 is 1.79 bits per heavy atom. The zero-order chi connectivity index (χ0) is 23.6. The molecular formula is C21H21Cl2N3O4S3. The van der Waals surface area contributed by atoms with Crippen molar-refractivity contribution in [2.75, 3.05) is 5.32 Å². The summed E-state index contributed by atoms with van der Waals surface area (Å²) in [5.41, 5.74) is 0.565. The molecule has 1 saturated carbocycles. The number of nitrogens with zero attached hydrogens (tertiary/aromatic N) is 2. The molecule has 33 heavy (non-hydrogen) atoms. The summed E-state index contributed by atoms with van der Waals surface area (Å²) in [6.45, 7) is 0. The van der Waals surface area contributed by atoms with E-state index < -0.39 is 15.3 Å². The van der Waals surface area contributed by atoms with Gasteiger partial charge in [-0.15, -0.1) is 15.7 Å². The summed E-state index contributed by atoms with van der Waals surface area (Å²) >= 11 is 13.7. The number of nitrogens with one attached hydrogen (secondary N) is 1. The minimum atomic E-state index is -4.03. The van der Waals surface area contributed by atoms with Crippen molar-refractivity contribution in [3.8, 4) is 0 Å². The van der Waals surface area contributed by atoms with Crippen molar-refractivity contribution in [1.82, 2.24) is 4.90 Å². The third kappa shape index (κ3) is 5.92. The highest BCUT2D eigenvalue weighted by atomic mass is 35.5. The van der Waals surface area contributed by atoms with Crippen molar-refractivity contribution in [2.24, 2.45) is 4.40 Å². The van der Waals surface area contributed by atoms with E-state index in [4.69, 9.17) is 23.2 Å². The molecule has 1 aliphatic heterocycles. The zero-order valence-corrected chi connectivity index (χ0v) is 21.3. The van der Waals surface area contributed by atoms with Gasteiger partial charge in [-0.2, -0.15) is 8.42 Å². The van der Waals surface area contributed by atoms with Crippen molar-refractivity contribution in [2.45, 2.75) is 54.0 Å². The molecule has 1 aliphatic carbocycles. The Morgan fingerprint density at radius 3 is 2.42 bits per heavy atom.